The molecule has 1 aliphatic heterocycles. The van der Waals surface area contributed by atoms with Crippen molar-refractivity contribution in [2.75, 3.05) is 13.1 Å². The molecule has 17 heavy (non-hydrogen) atoms. The van der Waals surface area contributed by atoms with Crippen LogP contribution < -0.4 is 5.32 Å². The summed E-state index contributed by atoms with van der Waals surface area (Å²) in [5.74, 6) is -0.155. The summed E-state index contributed by atoms with van der Waals surface area (Å²) in [5.41, 5.74) is 0.955. The van der Waals surface area contributed by atoms with Crippen LogP contribution >= 0.6 is 23.1 Å². The maximum absolute atomic E-state index is 12.0. The molecule has 1 saturated heterocycles. The molecule has 1 aromatic heterocycles. The van der Waals surface area contributed by atoms with E-state index in [1.807, 2.05) is 12.3 Å². The monoisotopic (exact) mass is 271 g/mol. The highest BCUT2D eigenvalue weighted by Gasteiger charge is 2.30. The molecule has 1 aromatic rings. The first-order valence-corrected chi connectivity index (χ1v) is 7.02. The highest BCUT2D eigenvalue weighted by atomic mass is 32.2. The van der Waals surface area contributed by atoms with E-state index in [0.717, 1.165) is 10.0 Å². The summed E-state index contributed by atoms with van der Waals surface area (Å²) in [6, 6.07) is -0.294. The molecule has 5 nitrogen and oxygen atoms in total. The average Bonchev–Trinajstić information content (AvgIpc) is 2.86. The van der Waals surface area contributed by atoms with Gasteiger partial charge in [-0.05, 0) is 13.8 Å². The lowest BCUT2D eigenvalue weighted by atomic mass is 10.4. The van der Waals surface area contributed by atoms with E-state index in [9.17, 15) is 9.59 Å². The van der Waals surface area contributed by atoms with Crippen molar-refractivity contribution in [2.24, 2.45) is 0 Å². The summed E-state index contributed by atoms with van der Waals surface area (Å²) in [5, 5.41) is 4.28. The largest absolute Gasteiger partial charge is 0.336 e. The van der Waals surface area contributed by atoms with Crippen LogP contribution in [0.4, 0.5) is 4.79 Å². The van der Waals surface area contributed by atoms with Crippen LogP contribution in [0.5, 0.6) is 0 Å². The fourth-order valence-electron chi connectivity index (χ4n) is 1.49. The van der Waals surface area contributed by atoms with Crippen LogP contribution in [-0.2, 0) is 4.79 Å². The Hall–Kier alpha value is -1.08. The first-order valence-electron chi connectivity index (χ1n) is 5.26. The molecule has 92 valence electrons. The molecule has 0 aromatic carbocycles. The Labute approximate surface area is 108 Å². The van der Waals surface area contributed by atoms with Crippen LogP contribution in [0.15, 0.2) is 9.72 Å². The number of rotatable bonds is 3. The van der Waals surface area contributed by atoms with E-state index in [1.54, 1.807) is 6.92 Å². The minimum absolute atomic E-state index is 0.155. The van der Waals surface area contributed by atoms with Crippen LogP contribution in [0.3, 0.4) is 0 Å². The predicted octanol–water partition coefficient (Wildman–Crippen LogP) is 1.48. The summed E-state index contributed by atoms with van der Waals surface area (Å²) in [6.07, 6.45) is 0. The Morgan fingerprint density at radius 3 is 3.00 bits per heavy atom. The first kappa shape index (κ1) is 12.4. The smallest absolute Gasteiger partial charge is 0.324 e. The van der Waals surface area contributed by atoms with E-state index >= 15 is 0 Å². The summed E-state index contributed by atoms with van der Waals surface area (Å²) < 4.78 is 0.864. The SMILES string of the molecule is Cc1csc(S[C@H](C)C(=O)N2CCNC2=O)n1. The number of nitrogens with one attached hydrogen (secondary N) is 1. The second kappa shape index (κ2) is 5.05. The zero-order valence-corrected chi connectivity index (χ0v) is 11.2. The molecule has 3 amide bonds. The quantitative estimate of drug-likeness (QED) is 0.846. The third kappa shape index (κ3) is 2.78. The van der Waals surface area contributed by atoms with Gasteiger partial charge in [0.05, 0.1) is 5.25 Å². The van der Waals surface area contributed by atoms with Crippen molar-refractivity contribution in [1.82, 2.24) is 15.2 Å². The lowest BCUT2D eigenvalue weighted by Gasteiger charge is -2.16. The molecule has 1 atom stereocenters. The lowest BCUT2D eigenvalue weighted by Crippen LogP contribution is -2.38. The van der Waals surface area contributed by atoms with Crippen molar-refractivity contribution in [3.63, 3.8) is 0 Å². The van der Waals surface area contributed by atoms with Crippen LogP contribution in [0.25, 0.3) is 0 Å². The molecule has 0 bridgehead atoms. The zero-order chi connectivity index (χ0) is 12.4. The highest BCUT2D eigenvalue weighted by Crippen LogP contribution is 2.27. The number of nitrogens with zero attached hydrogens (tertiary/aromatic N) is 2. The van der Waals surface area contributed by atoms with Crippen molar-refractivity contribution in [1.29, 1.82) is 0 Å². The number of amides is 3. The Balaban J connectivity index is 1.97. The number of thiazole rings is 1. The Bertz CT molecular complexity index is 447. The molecular weight excluding hydrogens is 258 g/mol. The van der Waals surface area contributed by atoms with Gasteiger partial charge in [-0.25, -0.2) is 9.78 Å². The second-order valence-corrected chi connectivity index (χ2v) is 6.18. The summed E-state index contributed by atoms with van der Waals surface area (Å²) in [6.45, 7) is 4.72. The van der Waals surface area contributed by atoms with Gasteiger partial charge >= 0.3 is 6.03 Å². The average molecular weight is 271 g/mol. The number of thioether (sulfide) groups is 1. The van der Waals surface area contributed by atoms with Crippen molar-refractivity contribution < 1.29 is 9.59 Å². The minimum atomic E-state index is -0.294. The molecule has 7 heteroatoms. The molecular formula is C10H13N3O2S2. The number of hydrogen-bond acceptors (Lipinski definition) is 5. The summed E-state index contributed by atoms with van der Waals surface area (Å²) >= 11 is 2.92. The maximum atomic E-state index is 12.0. The van der Waals surface area contributed by atoms with Crippen LogP contribution in [0.1, 0.15) is 12.6 Å². The predicted molar refractivity (Wildman–Crippen MR) is 67.3 cm³/mol. The van der Waals surface area contributed by atoms with Gasteiger partial charge in [-0.2, -0.15) is 0 Å². The number of hydrogen-bond donors (Lipinski definition) is 1. The number of urea groups is 1. The molecule has 0 radical (unpaired) electrons. The summed E-state index contributed by atoms with van der Waals surface area (Å²) in [4.78, 5) is 28.9. The zero-order valence-electron chi connectivity index (χ0n) is 9.60. The van der Waals surface area contributed by atoms with Crippen molar-refractivity contribution in [2.45, 2.75) is 23.4 Å². The van der Waals surface area contributed by atoms with E-state index in [2.05, 4.69) is 10.3 Å². The number of carbonyl (C=O) groups is 2. The molecule has 2 rings (SSSR count). The Morgan fingerprint density at radius 1 is 1.71 bits per heavy atom. The second-order valence-electron chi connectivity index (χ2n) is 3.74. The number of imide groups is 1. The van der Waals surface area contributed by atoms with Gasteiger partial charge in [0.25, 0.3) is 0 Å². The van der Waals surface area contributed by atoms with Crippen molar-refractivity contribution >= 4 is 35.0 Å². The number of aryl methyl sites for hydroxylation is 1. The van der Waals surface area contributed by atoms with Gasteiger partial charge in [-0.3, -0.25) is 9.69 Å². The van der Waals surface area contributed by atoms with Gasteiger partial charge in [0.1, 0.15) is 0 Å². The molecule has 0 saturated carbocycles. The molecule has 0 unspecified atom stereocenters. The fourth-order valence-corrected chi connectivity index (χ4v) is 3.54. The molecule has 1 N–H and O–H groups in total. The molecule has 0 spiro atoms. The van der Waals surface area contributed by atoms with Gasteiger partial charge in [0.2, 0.25) is 5.91 Å². The van der Waals surface area contributed by atoms with Crippen LogP contribution in [0, 0.1) is 6.92 Å². The van der Waals surface area contributed by atoms with Crippen molar-refractivity contribution in [3.05, 3.63) is 11.1 Å². The van der Waals surface area contributed by atoms with E-state index in [1.165, 1.54) is 28.0 Å². The highest BCUT2D eigenvalue weighted by molar-refractivity contribution is 8.02. The Kier molecular flexibility index (Phi) is 3.68. The van der Waals surface area contributed by atoms with Gasteiger partial charge in [0.15, 0.2) is 4.34 Å². The maximum Gasteiger partial charge on any atom is 0.324 e. The van der Waals surface area contributed by atoms with E-state index < -0.39 is 0 Å². The van der Waals surface area contributed by atoms with Gasteiger partial charge in [0, 0.05) is 24.2 Å². The van der Waals surface area contributed by atoms with E-state index in [4.69, 9.17) is 0 Å². The lowest BCUT2D eigenvalue weighted by molar-refractivity contribution is -0.126. The standard InChI is InChI=1S/C10H13N3O2S2/c1-6-5-16-10(12-6)17-7(2)8(14)13-4-3-11-9(13)15/h5,7H,3-4H2,1-2H3,(H,11,15)/t7-/m1/s1. The topological polar surface area (TPSA) is 62.3 Å². The van der Waals surface area contributed by atoms with Crippen LogP contribution in [0.2, 0.25) is 0 Å². The number of aromatic nitrogens is 1. The number of carbonyl (C=O) groups excluding carboxylic acids is 2. The normalized spacial score (nSPS) is 17.1. The third-order valence-corrected chi connectivity index (χ3v) is 4.52. The van der Waals surface area contributed by atoms with Gasteiger partial charge < -0.3 is 5.32 Å². The summed E-state index contributed by atoms with van der Waals surface area (Å²) in [7, 11) is 0. The fraction of sp³-hybridized carbons (Fsp3) is 0.500. The molecule has 1 aliphatic rings. The van der Waals surface area contributed by atoms with Crippen molar-refractivity contribution in [3.8, 4) is 0 Å². The van der Waals surface area contributed by atoms with Gasteiger partial charge in [-0.15, -0.1) is 11.3 Å². The first-order chi connectivity index (χ1) is 8.08. The van der Waals surface area contributed by atoms with Gasteiger partial charge in [-0.1, -0.05) is 11.8 Å². The molecule has 1 fully saturated rings. The van der Waals surface area contributed by atoms with Crippen LogP contribution in [-0.4, -0.2) is 40.2 Å². The Morgan fingerprint density at radius 2 is 2.47 bits per heavy atom. The van der Waals surface area contributed by atoms with E-state index in [-0.39, 0.29) is 17.2 Å². The molecule has 2 heterocycles. The molecule has 0 aliphatic carbocycles. The van der Waals surface area contributed by atoms with E-state index in [0.29, 0.717) is 13.1 Å². The minimum Gasteiger partial charge on any atom is -0.336 e. The third-order valence-electron chi connectivity index (χ3n) is 2.35.